The van der Waals surface area contributed by atoms with Crippen LogP contribution < -0.4 is 0 Å². The van der Waals surface area contributed by atoms with Gasteiger partial charge in [0.25, 0.3) is 0 Å². The zero-order valence-electron chi connectivity index (χ0n) is 16.8. The Kier molecular flexibility index (Phi) is 9.35. The average molecular weight is 411 g/mol. The fraction of sp³-hybridized carbons (Fsp3) is 0.450. The molecular weight excluding hydrogens is 387 g/mol. The monoisotopic (exact) mass is 411 g/mol. The third kappa shape index (κ3) is 6.61. The maximum Gasteiger partial charge on any atom is 0.416 e. The maximum absolute atomic E-state index is 12.5. The van der Waals surface area contributed by atoms with Crippen molar-refractivity contribution in [1.29, 1.82) is 5.26 Å². The summed E-state index contributed by atoms with van der Waals surface area (Å²) in [5.74, 6) is -0.916. The van der Waals surface area contributed by atoms with E-state index in [1.54, 1.807) is 13.0 Å². The molecule has 2 aromatic rings. The summed E-state index contributed by atoms with van der Waals surface area (Å²) in [6, 6.07) is 5.72. The number of rotatable bonds is 6. The number of hydrogen-bond acceptors (Lipinski definition) is 6. The van der Waals surface area contributed by atoms with E-state index >= 15 is 0 Å². The molecule has 0 unspecified atom stereocenters. The van der Waals surface area contributed by atoms with E-state index < -0.39 is 17.7 Å². The highest BCUT2D eigenvalue weighted by Gasteiger charge is 2.30. The molecule has 0 bridgehead atoms. The molecule has 1 aromatic heterocycles. The van der Waals surface area contributed by atoms with Crippen LogP contribution in [0, 0.1) is 11.3 Å². The van der Waals surface area contributed by atoms with Gasteiger partial charge in [-0.1, -0.05) is 38.1 Å². The SMILES string of the molecule is CCN(CC)CC.CCOC(=O)c1noc(-c2ccc(C(F)(F)F)cc2)c1C#N. The molecule has 6 nitrogen and oxygen atoms in total. The number of carbonyl (C=O) groups excluding carboxylic acids is 1. The smallest absolute Gasteiger partial charge is 0.416 e. The zero-order chi connectivity index (χ0) is 22.0. The van der Waals surface area contributed by atoms with E-state index in [9.17, 15) is 18.0 Å². The molecule has 0 saturated carbocycles. The summed E-state index contributed by atoms with van der Waals surface area (Å²) in [4.78, 5) is 14.0. The zero-order valence-corrected chi connectivity index (χ0v) is 16.8. The Morgan fingerprint density at radius 3 is 2.07 bits per heavy atom. The number of nitriles is 1. The normalized spacial score (nSPS) is 10.9. The second kappa shape index (κ2) is 11.2. The Balaban J connectivity index is 0.000000516. The van der Waals surface area contributed by atoms with Crippen molar-refractivity contribution in [2.24, 2.45) is 0 Å². The van der Waals surface area contributed by atoms with E-state index in [1.807, 2.05) is 0 Å². The summed E-state index contributed by atoms with van der Waals surface area (Å²) >= 11 is 0. The van der Waals surface area contributed by atoms with Gasteiger partial charge in [0.1, 0.15) is 11.6 Å². The molecule has 1 heterocycles. The molecule has 0 aliphatic rings. The molecular formula is C20H24F3N3O3. The van der Waals surface area contributed by atoms with Crippen molar-refractivity contribution >= 4 is 5.97 Å². The van der Waals surface area contributed by atoms with Gasteiger partial charge in [-0.25, -0.2) is 4.79 Å². The van der Waals surface area contributed by atoms with Crippen LogP contribution in [0.3, 0.4) is 0 Å². The Labute approximate surface area is 167 Å². The summed E-state index contributed by atoms with van der Waals surface area (Å²) in [5, 5.41) is 12.6. The summed E-state index contributed by atoms with van der Waals surface area (Å²) < 4.78 is 47.2. The molecule has 0 radical (unpaired) electrons. The molecule has 0 aliphatic carbocycles. The second-order valence-electron chi connectivity index (χ2n) is 5.76. The van der Waals surface area contributed by atoms with Crippen LogP contribution in [0.2, 0.25) is 0 Å². The second-order valence-corrected chi connectivity index (χ2v) is 5.76. The molecule has 0 spiro atoms. The molecule has 1 aromatic carbocycles. The standard InChI is InChI=1S/C14H9F3N2O3.C6H15N/c1-2-21-13(20)11-10(7-18)12(22-19-11)8-3-5-9(6-4-8)14(15,16)17;1-4-7(5-2)6-3/h3-6H,2H2,1H3;4-6H2,1-3H3. The Bertz CT molecular complexity index is 815. The molecule has 29 heavy (non-hydrogen) atoms. The highest BCUT2D eigenvalue weighted by molar-refractivity contribution is 5.92. The van der Waals surface area contributed by atoms with E-state index in [4.69, 9.17) is 14.5 Å². The number of benzene rings is 1. The van der Waals surface area contributed by atoms with Gasteiger partial charge in [-0.2, -0.15) is 18.4 Å². The lowest BCUT2D eigenvalue weighted by Crippen LogP contribution is -2.21. The minimum atomic E-state index is -4.46. The molecule has 9 heteroatoms. The Morgan fingerprint density at radius 2 is 1.69 bits per heavy atom. The van der Waals surface area contributed by atoms with Crippen LogP contribution in [0.15, 0.2) is 28.8 Å². The summed E-state index contributed by atoms with van der Waals surface area (Å²) in [6.45, 7) is 11.8. The molecule has 0 saturated heterocycles. The van der Waals surface area contributed by atoms with Crippen LogP contribution in [0.25, 0.3) is 11.3 Å². The van der Waals surface area contributed by atoms with Crippen LogP contribution >= 0.6 is 0 Å². The van der Waals surface area contributed by atoms with Crippen LogP contribution in [-0.2, 0) is 10.9 Å². The minimum absolute atomic E-state index is 0.0840. The number of esters is 1. The lowest BCUT2D eigenvalue weighted by atomic mass is 10.1. The molecule has 0 fully saturated rings. The van der Waals surface area contributed by atoms with Gasteiger partial charge in [0.05, 0.1) is 12.2 Å². The number of nitrogens with zero attached hydrogens (tertiary/aromatic N) is 3. The average Bonchev–Trinajstić information content (AvgIpc) is 3.13. The van der Waals surface area contributed by atoms with Crippen molar-refractivity contribution in [3.05, 3.63) is 41.1 Å². The van der Waals surface area contributed by atoms with Gasteiger partial charge in [-0.15, -0.1) is 0 Å². The van der Waals surface area contributed by atoms with Crippen molar-refractivity contribution in [1.82, 2.24) is 10.1 Å². The van der Waals surface area contributed by atoms with Gasteiger partial charge >= 0.3 is 12.1 Å². The van der Waals surface area contributed by atoms with E-state index in [2.05, 4.69) is 30.8 Å². The van der Waals surface area contributed by atoms with Crippen LogP contribution in [0.4, 0.5) is 13.2 Å². The van der Waals surface area contributed by atoms with Gasteiger partial charge in [0, 0.05) is 5.56 Å². The highest BCUT2D eigenvalue weighted by Crippen LogP contribution is 2.32. The number of hydrogen-bond donors (Lipinski definition) is 0. The lowest BCUT2D eigenvalue weighted by Gasteiger charge is -2.13. The molecule has 2 rings (SSSR count). The predicted octanol–water partition coefficient (Wildman–Crippen LogP) is 4.76. The third-order valence-corrected chi connectivity index (χ3v) is 4.09. The fourth-order valence-electron chi connectivity index (χ4n) is 2.41. The number of ether oxygens (including phenoxy) is 1. The van der Waals surface area contributed by atoms with Gasteiger partial charge in [0.15, 0.2) is 5.76 Å². The number of alkyl halides is 3. The summed E-state index contributed by atoms with van der Waals surface area (Å²) in [7, 11) is 0. The minimum Gasteiger partial charge on any atom is -0.461 e. The summed E-state index contributed by atoms with van der Waals surface area (Å²) in [6.07, 6.45) is -4.46. The molecule has 0 atom stereocenters. The predicted molar refractivity (Wildman–Crippen MR) is 101 cm³/mol. The van der Waals surface area contributed by atoms with Crippen molar-refractivity contribution in [3.8, 4) is 17.4 Å². The van der Waals surface area contributed by atoms with Crippen LogP contribution in [0.1, 0.15) is 49.3 Å². The van der Waals surface area contributed by atoms with Crippen molar-refractivity contribution in [2.45, 2.75) is 33.9 Å². The van der Waals surface area contributed by atoms with Gasteiger partial charge in [0.2, 0.25) is 5.69 Å². The van der Waals surface area contributed by atoms with Crippen molar-refractivity contribution in [2.75, 3.05) is 26.2 Å². The first-order valence-corrected chi connectivity index (χ1v) is 9.20. The summed E-state index contributed by atoms with van der Waals surface area (Å²) in [5.41, 5.74) is -1.12. The lowest BCUT2D eigenvalue weighted by molar-refractivity contribution is -0.137. The van der Waals surface area contributed by atoms with Gasteiger partial charge in [-0.05, 0) is 38.7 Å². The topological polar surface area (TPSA) is 79.4 Å². The maximum atomic E-state index is 12.5. The van der Waals surface area contributed by atoms with Crippen molar-refractivity contribution in [3.63, 3.8) is 0 Å². The Hall–Kier alpha value is -2.86. The molecule has 0 amide bonds. The number of aromatic nitrogens is 1. The van der Waals surface area contributed by atoms with E-state index in [0.717, 1.165) is 24.3 Å². The first-order chi connectivity index (χ1) is 13.7. The molecule has 0 N–H and O–H groups in total. The van der Waals surface area contributed by atoms with Gasteiger partial charge < -0.3 is 14.2 Å². The Morgan fingerprint density at radius 1 is 1.14 bits per heavy atom. The van der Waals surface area contributed by atoms with E-state index in [1.165, 1.54) is 19.6 Å². The quantitative estimate of drug-likeness (QED) is 0.638. The van der Waals surface area contributed by atoms with E-state index in [0.29, 0.717) is 0 Å². The number of carbonyl (C=O) groups is 1. The largest absolute Gasteiger partial charge is 0.461 e. The van der Waals surface area contributed by atoms with Crippen LogP contribution in [-0.4, -0.2) is 42.3 Å². The molecule has 158 valence electrons. The van der Waals surface area contributed by atoms with Gasteiger partial charge in [-0.3, -0.25) is 0 Å². The first kappa shape index (κ1) is 24.2. The molecule has 0 aliphatic heterocycles. The number of halogens is 3. The highest BCUT2D eigenvalue weighted by atomic mass is 19.4. The van der Waals surface area contributed by atoms with Crippen molar-refractivity contribution < 1.29 is 27.2 Å². The third-order valence-electron chi connectivity index (χ3n) is 4.09. The first-order valence-electron chi connectivity index (χ1n) is 9.20. The van der Waals surface area contributed by atoms with Crippen LogP contribution in [0.5, 0.6) is 0 Å². The fourth-order valence-corrected chi connectivity index (χ4v) is 2.41. The van der Waals surface area contributed by atoms with E-state index in [-0.39, 0.29) is 29.2 Å².